The lowest BCUT2D eigenvalue weighted by Crippen LogP contribution is -2.47. The zero-order valence-corrected chi connectivity index (χ0v) is 17.8. The summed E-state index contributed by atoms with van der Waals surface area (Å²) in [6, 6.07) is 6.56. The Morgan fingerprint density at radius 1 is 1.15 bits per heavy atom. The molecule has 0 radical (unpaired) electrons. The summed E-state index contributed by atoms with van der Waals surface area (Å²) in [7, 11) is -3.21. The number of sulfone groups is 1. The van der Waals surface area contributed by atoms with Gasteiger partial charge in [0, 0.05) is 32.6 Å². The molecule has 1 aromatic rings. The van der Waals surface area contributed by atoms with Crippen molar-refractivity contribution in [1.82, 2.24) is 10.6 Å². The van der Waals surface area contributed by atoms with E-state index in [9.17, 15) is 8.42 Å². The lowest BCUT2D eigenvalue weighted by atomic mass is 9.99. The first kappa shape index (κ1) is 21.7. The van der Waals surface area contributed by atoms with E-state index in [0.717, 1.165) is 19.5 Å². The van der Waals surface area contributed by atoms with Crippen LogP contribution < -0.4 is 10.6 Å². The molecule has 0 saturated carbocycles. The number of hydrogen-bond acceptors (Lipinski definition) is 4. The molecule has 0 bridgehead atoms. The summed E-state index contributed by atoms with van der Waals surface area (Å²) in [5.41, 5.74) is 3.81. The molecule has 0 atom stereocenters. The lowest BCUT2D eigenvalue weighted by Gasteiger charge is -2.34. The minimum Gasteiger partial charge on any atom is -0.381 e. The van der Waals surface area contributed by atoms with Crippen LogP contribution in [0.25, 0.3) is 0 Å². The smallest absolute Gasteiger partial charge is 0.191 e. The van der Waals surface area contributed by atoms with Crippen molar-refractivity contribution in [1.29, 1.82) is 0 Å². The lowest BCUT2D eigenvalue weighted by molar-refractivity contribution is 0.0768. The van der Waals surface area contributed by atoms with Gasteiger partial charge in [0.15, 0.2) is 15.8 Å². The van der Waals surface area contributed by atoms with Gasteiger partial charge in [-0.05, 0) is 45.6 Å². The van der Waals surface area contributed by atoms with Gasteiger partial charge in [-0.2, -0.15) is 0 Å². The van der Waals surface area contributed by atoms with E-state index in [4.69, 9.17) is 4.74 Å². The highest BCUT2D eigenvalue weighted by molar-refractivity contribution is 7.92. The zero-order valence-electron chi connectivity index (χ0n) is 17.0. The highest BCUT2D eigenvalue weighted by Gasteiger charge is 2.42. The molecule has 1 aliphatic rings. The number of benzene rings is 1. The zero-order chi connectivity index (χ0) is 19.9. The van der Waals surface area contributed by atoms with E-state index in [1.54, 1.807) is 0 Å². The van der Waals surface area contributed by atoms with Crippen LogP contribution in [0, 0.1) is 13.8 Å². The fraction of sp³-hybridized carbons (Fsp3) is 0.650. The average molecular weight is 396 g/mol. The fourth-order valence-corrected chi connectivity index (χ4v) is 4.70. The number of ether oxygens (including phenoxy) is 1. The van der Waals surface area contributed by atoms with Gasteiger partial charge in [0.05, 0.1) is 11.3 Å². The second kappa shape index (κ2) is 9.55. The molecule has 2 N–H and O–H groups in total. The molecule has 1 saturated heterocycles. The highest BCUT2D eigenvalue weighted by Crippen LogP contribution is 2.29. The van der Waals surface area contributed by atoms with Gasteiger partial charge in [-0.15, -0.1) is 0 Å². The van der Waals surface area contributed by atoms with Crippen molar-refractivity contribution in [2.75, 3.05) is 39.1 Å². The first-order valence-corrected chi connectivity index (χ1v) is 11.5. The Labute approximate surface area is 163 Å². The molecular weight excluding hydrogens is 362 g/mol. The molecule has 1 fully saturated rings. The fourth-order valence-electron chi connectivity index (χ4n) is 3.49. The molecule has 1 aromatic carbocycles. The van der Waals surface area contributed by atoms with E-state index in [0.29, 0.717) is 32.0 Å². The van der Waals surface area contributed by atoms with Crippen molar-refractivity contribution in [3.8, 4) is 0 Å². The number of nitrogens with one attached hydrogen (secondary N) is 2. The number of guanidine groups is 1. The Kier molecular flexibility index (Phi) is 7.68. The van der Waals surface area contributed by atoms with Gasteiger partial charge in [0.25, 0.3) is 0 Å². The van der Waals surface area contributed by atoms with Gasteiger partial charge in [-0.3, -0.25) is 4.99 Å². The van der Waals surface area contributed by atoms with Gasteiger partial charge in [0.2, 0.25) is 0 Å². The minimum absolute atomic E-state index is 0.258. The molecule has 2 rings (SSSR count). The molecule has 0 aromatic heterocycles. The van der Waals surface area contributed by atoms with Crippen LogP contribution in [0.5, 0.6) is 0 Å². The molecule has 0 aliphatic carbocycles. The van der Waals surface area contributed by atoms with Crippen LogP contribution in [-0.2, 0) is 21.0 Å². The molecule has 6 nitrogen and oxygen atoms in total. The average Bonchev–Trinajstić information content (AvgIpc) is 2.59. The van der Waals surface area contributed by atoms with Crippen molar-refractivity contribution in [2.24, 2.45) is 4.99 Å². The third-order valence-corrected chi connectivity index (χ3v) is 7.16. The van der Waals surface area contributed by atoms with Crippen LogP contribution in [-0.4, -0.2) is 58.2 Å². The molecule has 0 unspecified atom stereocenters. The predicted molar refractivity (Wildman–Crippen MR) is 111 cm³/mol. The van der Waals surface area contributed by atoms with E-state index >= 15 is 0 Å². The molecule has 0 amide bonds. The van der Waals surface area contributed by atoms with Gasteiger partial charge >= 0.3 is 0 Å². The van der Waals surface area contributed by atoms with Crippen LogP contribution in [0.2, 0.25) is 0 Å². The number of nitrogens with zero attached hydrogens (tertiary/aromatic N) is 1. The standard InChI is InChI=1S/C20H33N3O3S/c1-5-21-19(22-9-6-18-13-16(2)12-17(3)14-18)23-15-20(27(4,24)25)7-10-26-11-8-20/h12-14H,5-11,15H2,1-4H3,(H2,21,22,23). The van der Waals surface area contributed by atoms with Gasteiger partial charge in [-0.25, -0.2) is 8.42 Å². The molecule has 27 heavy (non-hydrogen) atoms. The van der Waals surface area contributed by atoms with E-state index < -0.39 is 14.6 Å². The van der Waals surface area contributed by atoms with Crippen LogP contribution in [0.4, 0.5) is 0 Å². The van der Waals surface area contributed by atoms with Crippen LogP contribution in [0.15, 0.2) is 23.2 Å². The minimum atomic E-state index is -3.21. The maximum Gasteiger partial charge on any atom is 0.191 e. The maximum atomic E-state index is 12.4. The van der Waals surface area contributed by atoms with Crippen molar-refractivity contribution in [3.05, 3.63) is 34.9 Å². The summed E-state index contributed by atoms with van der Waals surface area (Å²) in [6.45, 7) is 8.88. The first-order chi connectivity index (χ1) is 12.8. The molecule has 1 aliphatic heterocycles. The predicted octanol–water partition coefficient (Wildman–Crippen LogP) is 1.99. The normalized spacial score (nSPS) is 17.6. The summed E-state index contributed by atoms with van der Waals surface area (Å²) >= 11 is 0. The van der Waals surface area contributed by atoms with Crippen molar-refractivity contribution < 1.29 is 13.2 Å². The largest absolute Gasteiger partial charge is 0.381 e. The summed E-state index contributed by atoms with van der Waals surface area (Å²) in [4.78, 5) is 4.60. The Morgan fingerprint density at radius 2 is 1.78 bits per heavy atom. The topological polar surface area (TPSA) is 79.8 Å². The summed E-state index contributed by atoms with van der Waals surface area (Å²) in [5, 5.41) is 6.54. The van der Waals surface area contributed by atoms with Crippen molar-refractivity contribution in [3.63, 3.8) is 0 Å². The van der Waals surface area contributed by atoms with Crippen molar-refractivity contribution >= 4 is 15.8 Å². The van der Waals surface area contributed by atoms with E-state index in [1.165, 1.54) is 22.9 Å². The first-order valence-electron chi connectivity index (χ1n) is 9.62. The molecule has 152 valence electrons. The number of rotatable bonds is 7. The number of hydrogen-bond donors (Lipinski definition) is 2. The maximum absolute atomic E-state index is 12.4. The highest BCUT2D eigenvalue weighted by atomic mass is 32.2. The van der Waals surface area contributed by atoms with Gasteiger partial charge < -0.3 is 15.4 Å². The van der Waals surface area contributed by atoms with E-state index in [1.807, 2.05) is 6.92 Å². The van der Waals surface area contributed by atoms with E-state index in [2.05, 4.69) is 47.7 Å². The summed E-state index contributed by atoms with van der Waals surface area (Å²) < 4.78 is 29.3. The summed E-state index contributed by atoms with van der Waals surface area (Å²) in [6.07, 6.45) is 3.20. The third kappa shape index (κ3) is 6.21. The van der Waals surface area contributed by atoms with Crippen LogP contribution in [0.1, 0.15) is 36.5 Å². The summed E-state index contributed by atoms with van der Waals surface area (Å²) in [5.74, 6) is 0.663. The number of aryl methyl sites for hydroxylation is 2. The molecule has 0 spiro atoms. The molecule has 1 heterocycles. The molecular formula is C20H33N3O3S. The van der Waals surface area contributed by atoms with Crippen LogP contribution in [0.3, 0.4) is 0 Å². The number of aliphatic imine (C=N–C) groups is 1. The Balaban J connectivity index is 2.02. The quantitative estimate of drug-likeness (QED) is 0.545. The Morgan fingerprint density at radius 3 is 2.33 bits per heavy atom. The Bertz CT molecular complexity index is 733. The SMILES string of the molecule is CCNC(=NCC1(S(C)(=O)=O)CCOCC1)NCCc1cc(C)cc(C)c1. The second-order valence-corrected chi connectivity index (χ2v) is 9.85. The van der Waals surface area contributed by atoms with Gasteiger partial charge in [-0.1, -0.05) is 29.3 Å². The van der Waals surface area contributed by atoms with Crippen LogP contribution >= 0.6 is 0 Å². The molecule has 7 heteroatoms. The van der Waals surface area contributed by atoms with Crippen molar-refractivity contribution in [2.45, 2.75) is 44.8 Å². The third-order valence-electron chi connectivity index (χ3n) is 5.05. The monoisotopic (exact) mass is 395 g/mol. The Hall–Kier alpha value is -1.60. The van der Waals surface area contributed by atoms with E-state index in [-0.39, 0.29) is 6.54 Å². The second-order valence-electron chi connectivity index (χ2n) is 7.44. The van der Waals surface area contributed by atoms with Gasteiger partial charge in [0.1, 0.15) is 0 Å².